The first kappa shape index (κ1) is 13.2. The number of nitrogens with one attached hydrogen (secondary N) is 1. The second-order valence-electron chi connectivity index (χ2n) is 3.60. The average molecular weight is 327 g/mol. The van der Waals surface area contributed by atoms with Crippen LogP contribution in [0.5, 0.6) is 0 Å². The molecular formula is C12H11BrN2O2S. The summed E-state index contributed by atoms with van der Waals surface area (Å²) in [6.45, 7) is -0.0949. The number of aliphatic hydroxyl groups excluding tert-OH is 1. The van der Waals surface area contributed by atoms with E-state index >= 15 is 0 Å². The molecule has 6 heteroatoms. The van der Waals surface area contributed by atoms with Gasteiger partial charge in [0, 0.05) is 9.85 Å². The van der Waals surface area contributed by atoms with Crippen LogP contribution in [-0.2, 0) is 17.8 Å². The molecule has 0 saturated heterocycles. The third-order valence-electron chi connectivity index (χ3n) is 2.22. The largest absolute Gasteiger partial charge is 0.390 e. The Bertz CT molecular complexity index is 557. The molecule has 0 atom stereocenters. The van der Waals surface area contributed by atoms with Crippen molar-refractivity contribution in [2.75, 3.05) is 5.32 Å². The van der Waals surface area contributed by atoms with Gasteiger partial charge in [-0.05, 0) is 28.1 Å². The highest BCUT2D eigenvalue weighted by molar-refractivity contribution is 9.10. The number of amides is 1. The number of hydrogen-bond donors (Lipinski definition) is 2. The van der Waals surface area contributed by atoms with E-state index in [1.807, 2.05) is 24.3 Å². The number of halogens is 1. The highest BCUT2D eigenvalue weighted by Gasteiger charge is 2.09. The van der Waals surface area contributed by atoms with Crippen LogP contribution in [-0.4, -0.2) is 16.0 Å². The molecule has 1 aromatic heterocycles. The van der Waals surface area contributed by atoms with Crippen molar-refractivity contribution in [3.05, 3.63) is 44.8 Å². The van der Waals surface area contributed by atoms with Gasteiger partial charge in [0.05, 0.1) is 24.4 Å². The molecule has 0 spiro atoms. The molecule has 0 saturated carbocycles. The van der Waals surface area contributed by atoms with Crippen molar-refractivity contribution in [1.29, 1.82) is 0 Å². The number of rotatable bonds is 4. The summed E-state index contributed by atoms with van der Waals surface area (Å²) in [6.07, 6.45) is 0.214. The molecule has 1 amide bonds. The average Bonchev–Trinajstić information content (AvgIpc) is 2.80. The number of thiazole rings is 1. The van der Waals surface area contributed by atoms with Crippen LogP contribution >= 0.6 is 27.3 Å². The number of carbonyl (C=O) groups is 1. The summed E-state index contributed by atoms with van der Waals surface area (Å²) in [5.74, 6) is -0.124. The van der Waals surface area contributed by atoms with Gasteiger partial charge in [-0.2, -0.15) is 0 Å². The third-order valence-corrected chi connectivity index (χ3v) is 3.81. The summed E-state index contributed by atoms with van der Waals surface area (Å²) in [4.78, 5) is 15.9. The maximum Gasteiger partial charge on any atom is 0.231 e. The normalized spacial score (nSPS) is 10.3. The summed E-state index contributed by atoms with van der Waals surface area (Å²) in [5, 5.41) is 14.1. The fraction of sp³-hybridized carbons (Fsp3) is 0.167. The Labute approximate surface area is 117 Å². The first-order chi connectivity index (χ1) is 8.69. The second kappa shape index (κ2) is 6.08. The van der Waals surface area contributed by atoms with Crippen LogP contribution in [0.15, 0.2) is 34.1 Å². The van der Waals surface area contributed by atoms with Crippen molar-refractivity contribution in [2.45, 2.75) is 13.0 Å². The van der Waals surface area contributed by atoms with E-state index in [0.717, 1.165) is 10.2 Å². The fourth-order valence-corrected chi connectivity index (χ4v) is 2.56. The molecule has 94 valence electrons. The van der Waals surface area contributed by atoms with Crippen LogP contribution in [0.1, 0.15) is 10.7 Å². The highest BCUT2D eigenvalue weighted by atomic mass is 79.9. The van der Waals surface area contributed by atoms with E-state index in [4.69, 9.17) is 5.11 Å². The van der Waals surface area contributed by atoms with Crippen LogP contribution in [0.4, 0.5) is 5.69 Å². The van der Waals surface area contributed by atoms with Crippen LogP contribution in [0.25, 0.3) is 0 Å². The molecule has 0 radical (unpaired) electrons. The molecule has 18 heavy (non-hydrogen) atoms. The zero-order valence-electron chi connectivity index (χ0n) is 9.39. The maximum absolute atomic E-state index is 11.8. The summed E-state index contributed by atoms with van der Waals surface area (Å²) in [5.41, 5.74) is 1.34. The topological polar surface area (TPSA) is 62.2 Å². The lowest BCUT2D eigenvalue weighted by Crippen LogP contribution is -2.14. The number of aromatic nitrogens is 1. The van der Waals surface area contributed by atoms with Gasteiger partial charge in [0.25, 0.3) is 0 Å². The smallest absolute Gasteiger partial charge is 0.231 e. The summed E-state index contributed by atoms with van der Waals surface area (Å²) in [7, 11) is 0. The summed E-state index contributed by atoms with van der Waals surface area (Å²) < 4.78 is 0.841. The SMILES string of the molecule is O=C(Cc1nc(CO)cs1)Nc1ccccc1Br. The minimum atomic E-state index is -0.124. The van der Waals surface area contributed by atoms with E-state index < -0.39 is 0 Å². The number of hydrogen-bond acceptors (Lipinski definition) is 4. The Morgan fingerprint density at radius 2 is 2.22 bits per heavy atom. The molecule has 4 nitrogen and oxygen atoms in total. The lowest BCUT2D eigenvalue weighted by molar-refractivity contribution is -0.115. The zero-order valence-corrected chi connectivity index (χ0v) is 11.8. The molecule has 0 fully saturated rings. The van der Waals surface area contributed by atoms with Gasteiger partial charge in [-0.3, -0.25) is 4.79 Å². The van der Waals surface area contributed by atoms with Gasteiger partial charge in [0.2, 0.25) is 5.91 Å². The van der Waals surface area contributed by atoms with Crippen molar-refractivity contribution in [2.24, 2.45) is 0 Å². The summed E-state index contributed by atoms with van der Waals surface area (Å²) >= 11 is 4.74. The molecule has 0 aliphatic heterocycles. The predicted molar refractivity (Wildman–Crippen MR) is 74.5 cm³/mol. The minimum absolute atomic E-state index is 0.0949. The number of aliphatic hydroxyl groups is 1. The van der Waals surface area contributed by atoms with Gasteiger partial charge in [-0.15, -0.1) is 11.3 Å². The molecule has 2 aromatic rings. The van der Waals surface area contributed by atoms with Gasteiger partial charge < -0.3 is 10.4 Å². The van der Waals surface area contributed by atoms with Crippen molar-refractivity contribution < 1.29 is 9.90 Å². The van der Waals surface area contributed by atoms with Crippen molar-refractivity contribution in [1.82, 2.24) is 4.98 Å². The predicted octanol–water partition coefficient (Wildman–Crippen LogP) is 2.58. The monoisotopic (exact) mass is 326 g/mol. The number of benzene rings is 1. The Balaban J connectivity index is 1.99. The van der Waals surface area contributed by atoms with E-state index in [2.05, 4.69) is 26.2 Å². The van der Waals surface area contributed by atoms with Gasteiger partial charge in [0.15, 0.2) is 0 Å². The van der Waals surface area contributed by atoms with Gasteiger partial charge >= 0.3 is 0 Å². The quantitative estimate of drug-likeness (QED) is 0.907. The van der Waals surface area contributed by atoms with Gasteiger partial charge in [-0.1, -0.05) is 12.1 Å². The molecule has 2 N–H and O–H groups in total. The first-order valence-electron chi connectivity index (χ1n) is 5.27. The fourth-order valence-electron chi connectivity index (χ4n) is 1.40. The number of carbonyl (C=O) groups excluding carboxylic acids is 1. The number of nitrogens with zero attached hydrogens (tertiary/aromatic N) is 1. The third kappa shape index (κ3) is 3.38. The Hall–Kier alpha value is -1.24. The molecule has 2 rings (SSSR count). The molecular weight excluding hydrogens is 316 g/mol. The number of anilines is 1. The lowest BCUT2D eigenvalue weighted by atomic mass is 10.3. The standard InChI is InChI=1S/C12H11BrN2O2S/c13-9-3-1-2-4-10(9)15-11(17)5-12-14-8(6-16)7-18-12/h1-4,7,16H,5-6H2,(H,15,17). The van der Waals surface area contributed by atoms with Crippen LogP contribution in [0, 0.1) is 0 Å². The maximum atomic E-state index is 11.8. The highest BCUT2D eigenvalue weighted by Crippen LogP contribution is 2.21. The molecule has 1 heterocycles. The Kier molecular flexibility index (Phi) is 4.46. The van der Waals surface area contributed by atoms with Crippen LogP contribution in [0.3, 0.4) is 0 Å². The zero-order chi connectivity index (χ0) is 13.0. The van der Waals surface area contributed by atoms with Gasteiger partial charge in [-0.25, -0.2) is 4.98 Å². The van der Waals surface area contributed by atoms with E-state index in [9.17, 15) is 4.79 Å². The molecule has 0 aliphatic rings. The van der Waals surface area contributed by atoms with Crippen molar-refractivity contribution in [3.63, 3.8) is 0 Å². The molecule has 0 aliphatic carbocycles. The molecule has 0 bridgehead atoms. The Morgan fingerprint density at radius 3 is 2.89 bits per heavy atom. The Morgan fingerprint density at radius 1 is 1.44 bits per heavy atom. The number of para-hydroxylation sites is 1. The van der Waals surface area contributed by atoms with Crippen molar-refractivity contribution in [3.8, 4) is 0 Å². The van der Waals surface area contributed by atoms with Gasteiger partial charge in [0.1, 0.15) is 5.01 Å². The van der Waals surface area contributed by atoms with E-state index in [0.29, 0.717) is 10.7 Å². The first-order valence-corrected chi connectivity index (χ1v) is 6.95. The van der Waals surface area contributed by atoms with E-state index in [1.165, 1.54) is 11.3 Å². The summed E-state index contributed by atoms with van der Waals surface area (Å²) in [6, 6.07) is 7.42. The van der Waals surface area contributed by atoms with E-state index in [-0.39, 0.29) is 18.9 Å². The van der Waals surface area contributed by atoms with E-state index in [1.54, 1.807) is 5.38 Å². The molecule has 1 aromatic carbocycles. The van der Waals surface area contributed by atoms with Crippen molar-refractivity contribution >= 4 is 38.9 Å². The molecule has 0 unspecified atom stereocenters. The second-order valence-corrected chi connectivity index (χ2v) is 5.39. The van der Waals surface area contributed by atoms with Crippen LogP contribution in [0.2, 0.25) is 0 Å². The lowest BCUT2D eigenvalue weighted by Gasteiger charge is -2.05. The minimum Gasteiger partial charge on any atom is -0.390 e. The van der Waals surface area contributed by atoms with Crippen LogP contribution < -0.4 is 5.32 Å².